The molecule has 1 aromatic heterocycles. The summed E-state index contributed by atoms with van der Waals surface area (Å²) in [5.74, 6) is 0.895. The molecule has 3 rings (SSSR count). The molecule has 1 aliphatic heterocycles. The second kappa shape index (κ2) is 9.60. The highest BCUT2D eigenvalue weighted by molar-refractivity contribution is 14.0. The lowest BCUT2D eigenvalue weighted by Crippen LogP contribution is -2.43. The van der Waals surface area contributed by atoms with Gasteiger partial charge in [0.05, 0.1) is 0 Å². The molecule has 0 saturated heterocycles. The number of rotatable bonds is 4. The van der Waals surface area contributed by atoms with Crippen LogP contribution in [0.5, 0.6) is 0 Å². The highest BCUT2D eigenvalue weighted by atomic mass is 127. The molecule has 2 N–H and O–H groups in total. The molecule has 2 aliphatic rings. The number of halogens is 1. The zero-order valence-corrected chi connectivity index (χ0v) is 17.4. The lowest BCUT2D eigenvalue weighted by atomic mass is 10.1. The lowest BCUT2D eigenvalue weighted by molar-refractivity contribution is -0.130. The molecule has 7 heteroatoms. The number of fused-ring (bicyclic) bond motifs is 1. The Labute approximate surface area is 165 Å². The van der Waals surface area contributed by atoms with Gasteiger partial charge in [0.25, 0.3) is 0 Å². The number of amides is 1. The second-order valence-corrected chi connectivity index (χ2v) is 7.26. The lowest BCUT2D eigenvalue weighted by Gasteiger charge is -2.26. The third-order valence-electron chi connectivity index (χ3n) is 4.57. The van der Waals surface area contributed by atoms with Gasteiger partial charge in [-0.25, -0.2) is 4.99 Å². The first kappa shape index (κ1) is 19.5. The summed E-state index contributed by atoms with van der Waals surface area (Å²) < 4.78 is 0. The van der Waals surface area contributed by atoms with Crippen LogP contribution in [0.1, 0.15) is 43.0 Å². The third-order valence-corrected chi connectivity index (χ3v) is 5.60. The van der Waals surface area contributed by atoms with Gasteiger partial charge in [0.2, 0.25) is 5.91 Å². The Hall–Kier alpha value is -0.830. The van der Waals surface area contributed by atoms with Crippen LogP contribution in [0.25, 0.3) is 0 Å². The fraction of sp³-hybridized carbons (Fsp3) is 0.647. The Bertz CT molecular complexity index is 569. The van der Waals surface area contributed by atoms with Crippen molar-refractivity contribution in [3.05, 3.63) is 21.9 Å². The van der Waals surface area contributed by atoms with E-state index in [1.54, 1.807) is 11.3 Å². The first-order chi connectivity index (χ1) is 11.3. The molecule has 134 valence electrons. The summed E-state index contributed by atoms with van der Waals surface area (Å²) in [5.41, 5.74) is 1.30. The van der Waals surface area contributed by atoms with E-state index in [0.29, 0.717) is 6.04 Å². The van der Waals surface area contributed by atoms with E-state index in [1.807, 2.05) is 4.90 Å². The predicted molar refractivity (Wildman–Crippen MR) is 110 cm³/mol. The normalized spacial score (nSPS) is 18.0. The van der Waals surface area contributed by atoms with Crippen molar-refractivity contribution in [2.45, 2.75) is 51.6 Å². The minimum atomic E-state index is 0. The molecule has 1 aliphatic carbocycles. The van der Waals surface area contributed by atoms with Crippen LogP contribution in [-0.4, -0.2) is 42.4 Å². The van der Waals surface area contributed by atoms with Crippen molar-refractivity contribution >= 4 is 47.2 Å². The van der Waals surface area contributed by atoms with Crippen LogP contribution in [0, 0.1) is 0 Å². The van der Waals surface area contributed by atoms with E-state index in [9.17, 15) is 4.79 Å². The van der Waals surface area contributed by atoms with Gasteiger partial charge in [-0.1, -0.05) is 12.8 Å². The van der Waals surface area contributed by atoms with E-state index >= 15 is 0 Å². The fourth-order valence-electron chi connectivity index (χ4n) is 3.29. The van der Waals surface area contributed by atoms with Crippen molar-refractivity contribution in [3.8, 4) is 0 Å². The largest absolute Gasteiger partial charge is 0.357 e. The minimum absolute atomic E-state index is 0. The Morgan fingerprint density at radius 1 is 1.42 bits per heavy atom. The smallest absolute Gasteiger partial charge is 0.244 e. The van der Waals surface area contributed by atoms with Crippen molar-refractivity contribution in [1.82, 2.24) is 15.5 Å². The predicted octanol–water partition coefficient (Wildman–Crippen LogP) is 2.75. The molecule has 0 atom stereocenters. The van der Waals surface area contributed by atoms with Gasteiger partial charge in [-0.2, -0.15) is 0 Å². The van der Waals surface area contributed by atoms with Gasteiger partial charge in [-0.05, 0) is 43.2 Å². The zero-order chi connectivity index (χ0) is 16.1. The molecule has 0 radical (unpaired) electrons. The van der Waals surface area contributed by atoms with E-state index in [4.69, 9.17) is 0 Å². The van der Waals surface area contributed by atoms with Crippen molar-refractivity contribution in [2.75, 3.05) is 19.6 Å². The molecule has 1 fully saturated rings. The first-order valence-corrected chi connectivity index (χ1v) is 9.52. The average molecular weight is 462 g/mol. The summed E-state index contributed by atoms with van der Waals surface area (Å²) in [6, 6.07) is 2.64. The Morgan fingerprint density at radius 2 is 2.21 bits per heavy atom. The van der Waals surface area contributed by atoms with Gasteiger partial charge in [0.1, 0.15) is 6.54 Å². The summed E-state index contributed by atoms with van der Waals surface area (Å²) in [4.78, 5) is 20.3. The molecule has 2 heterocycles. The van der Waals surface area contributed by atoms with Gasteiger partial charge < -0.3 is 15.5 Å². The van der Waals surface area contributed by atoms with Crippen LogP contribution in [-0.2, 0) is 17.8 Å². The van der Waals surface area contributed by atoms with Gasteiger partial charge in [-0.15, -0.1) is 35.3 Å². The number of hydrogen-bond acceptors (Lipinski definition) is 3. The van der Waals surface area contributed by atoms with Gasteiger partial charge in [0.15, 0.2) is 5.96 Å². The quantitative estimate of drug-likeness (QED) is 0.411. The molecule has 1 saturated carbocycles. The molecule has 1 aromatic rings. The number of thiophene rings is 1. The maximum atomic E-state index is 12.4. The molecule has 0 spiro atoms. The Morgan fingerprint density at radius 3 is 2.96 bits per heavy atom. The zero-order valence-electron chi connectivity index (χ0n) is 14.2. The molecule has 1 amide bonds. The van der Waals surface area contributed by atoms with Crippen molar-refractivity contribution in [1.29, 1.82) is 0 Å². The van der Waals surface area contributed by atoms with Crippen molar-refractivity contribution in [3.63, 3.8) is 0 Å². The molecule has 24 heavy (non-hydrogen) atoms. The van der Waals surface area contributed by atoms with Gasteiger partial charge in [0, 0.05) is 30.6 Å². The highest BCUT2D eigenvalue weighted by Crippen LogP contribution is 2.24. The van der Waals surface area contributed by atoms with E-state index in [1.165, 1.54) is 36.1 Å². The number of guanidine groups is 1. The monoisotopic (exact) mass is 462 g/mol. The molecule has 0 bridgehead atoms. The number of carbonyl (C=O) groups is 1. The number of nitrogens with zero attached hydrogens (tertiary/aromatic N) is 2. The standard InChI is InChI=1S/C17H26N4OS.HI/c1-2-18-17(20-14-5-3-4-6-14)19-11-16(22)21-9-7-15-13(12-21)8-10-23-15;/h8,10,14H,2-7,9,11-12H2,1H3,(H2,18,19,20);1H. The highest BCUT2D eigenvalue weighted by Gasteiger charge is 2.21. The summed E-state index contributed by atoms with van der Waals surface area (Å²) in [5, 5.41) is 8.82. The third kappa shape index (κ3) is 5.08. The number of aliphatic imine (C=N–C) groups is 1. The van der Waals surface area contributed by atoms with Crippen LogP contribution in [0.15, 0.2) is 16.4 Å². The molecule has 0 unspecified atom stereocenters. The second-order valence-electron chi connectivity index (χ2n) is 6.26. The van der Waals surface area contributed by atoms with E-state index in [-0.39, 0.29) is 36.4 Å². The molecule has 5 nitrogen and oxygen atoms in total. The van der Waals surface area contributed by atoms with E-state index in [0.717, 1.165) is 32.0 Å². The Balaban J connectivity index is 0.00000208. The van der Waals surface area contributed by atoms with Crippen LogP contribution in [0.3, 0.4) is 0 Å². The van der Waals surface area contributed by atoms with Crippen LogP contribution in [0.2, 0.25) is 0 Å². The molecule has 0 aromatic carbocycles. The summed E-state index contributed by atoms with van der Waals surface area (Å²) in [6.45, 7) is 4.64. The average Bonchev–Trinajstić information content (AvgIpc) is 3.23. The van der Waals surface area contributed by atoms with Crippen LogP contribution >= 0.6 is 35.3 Å². The number of nitrogens with one attached hydrogen (secondary N) is 2. The maximum absolute atomic E-state index is 12.4. The number of carbonyl (C=O) groups excluding carboxylic acids is 1. The van der Waals surface area contributed by atoms with E-state index < -0.39 is 0 Å². The van der Waals surface area contributed by atoms with Gasteiger partial charge in [-0.3, -0.25) is 4.79 Å². The van der Waals surface area contributed by atoms with Crippen molar-refractivity contribution in [2.24, 2.45) is 4.99 Å². The van der Waals surface area contributed by atoms with Gasteiger partial charge >= 0.3 is 0 Å². The topological polar surface area (TPSA) is 56.7 Å². The summed E-state index contributed by atoms with van der Waals surface area (Å²) in [7, 11) is 0. The fourth-order valence-corrected chi connectivity index (χ4v) is 4.18. The summed E-state index contributed by atoms with van der Waals surface area (Å²) in [6.07, 6.45) is 5.94. The summed E-state index contributed by atoms with van der Waals surface area (Å²) >= 11 is 1.80. The first-order valence-electron chi connectivity index (χ1n) is 8.64. The van der Waals surface area contributed by atoms with Crippen molar-refractivity contribution < 1.29 is 4.79 Å². The minimum Gasteiger partial charge on any atom is -0.357 e. The van der Waals surface area contributed by atoms with Crippen LogP contribution in [0.4, 0.5) is 0 Å². The Kier molecular flexibility index (Phi) is 7.80. The SMILES string of the molecule is CCNC(=NCC(=O)N1CCc2sccc2C1)NC1CCCC1.I. The molecular weight excluding hydrogens is 435 g/mol. The molecular formula is C17H27IN4OS. The van der Waals surface area contributed by atoms with Crippen LogP contribution < -0.4 is 10.6 Å². The maximum Gasteiger partial charge on any atom is 0.244 e. The number of hydrogen-bond donors (Lipinski definition) is 2. The van der Waals surface area contributed by atoms with E-state index in [2.05, 4.69) is 34.0 Å².